The van der Waals surface area contributed by atoms with Crippen molar-refractivity contribution in [2.24, 2.45) is 0 Å². The molecule has 0 amide bonds. The van der Waals surface area contributed by atoms with Crippen molar-refractivity contribution in [3.63, 3.8) is 0 Å². The Kier molecular flexibility index (Phi) is 2.84. The van der Waals surface area contributed by atoms with Crippen molar-refractivity contribution in [3.05, 3.63) is 35.0 Å². The number of aryl methyl sites for hydroxylation is 2. The molecule has 2 aliphatic rings. The lowest BCUT2D eigenvalue weighted by Gasteiger charge is -2.23. The number of hydrogen-bond donors (Lipinski definition) is 2. The van der Waals surface area contributed by atoms with Gasteiger partial charge in [-0.1, -0.05) is 6.07 Å². The average Bonchev–Trinajstić information content (AvgIpc) is 2.86. The summed E-state index contributed by atoms with van der Waals surface area (Å²) in [5, 5.41) is 5.03. The van der Waals surface area contributed by atoms with Crippen LogP contribution in [0, 0.1) is 0 Å². The second kappa shape index (κ2) is 4.68. The number of nitrogens with one attached hydrogen (secondary N) is 2. The van der Waals surface area contributed by atoms with Crippen molar-refractivity contribution in [1.82, 2.24) is 10.3 Å². The van der Waals surface area contributed by atoms with Crippen LogP contribution < -0.4 is 5.32 Å². The molecule has 100 valence electrons. The molecule has 19 heavy (non-hydrogen) atoms. The molecule has 1 aliphatic carbocycles. The number of rotatable bonds is 1. The highest BCUT2D eigenvalue weighted by Gasteiger charge is 2.19. The maximum absolute atomic E-state index is 3.63. The average molecular weight is 254 g/mol. The lowest BCUT2D eigenvalue weighted by Crippen LogP contribution is -2.28. The first kappa shape index (κ1) is 11.5. The van der Waals surface area contributed by atoms with E-state index in [9.17, 15) is 0 Å². The molecule has 1 unspecified atom stereocenters. The smallest absolute Gasteiger partial charge is 0.0459 e. The van der Waals surface area contributed by atoms with Crippen LogP contribution in [0.25, 0.3) is 10.9 Å². The predicted molar refractivity (Wildman–Crippen MR) is 79.8 cm³/mol. The van der Waals surface area contributed by atoms with Crippen molar-refractivity contribution < 1.29 is 0 Å². The van der Waals surface area contributed by atoms with Crippen molar-refractivity contribution in [1.29, 1.82) is 0 Å². The summed E-state index contributed by atoms with van der Waals surface area (Å²) in [6, 6.07) is 7.10. The summed E-state index contributed by atoms with van der Waals surface area (Å²) in [4.78, 5) is 3.63. The van der Waals surface area contributed by atoms with Gasteiger partial charge in [0.25, 0.3) is 0 Å². The number of hydrogen-bond acceptors (Lipinski definition) is 1. The molecule has 2 N–H and O–H groups in total. The monoisotopic (exact) mass is 254 g/mol. The number of piperidine rings is 1. The molecule has 1 atom stereocenters. The van der Waals surface area contributed by atoms with Crippen LogP contribution in [-0.2, 0) is 12.8 Å². The van der Waals surface area contributed by atoms with E-state index >= 15 is 0 Å². The van der Waals surface area contributed by atoms with E-state index in [1.165, 1.54) is 67.2 Å². The van der Waals surface area contributed by atoms with Crippen LogP contribution in [0.4, 0.5) is 0 Å². The van der Waals surface area contributed by atoms with E-state index in [-0.39, 0.29) is 0 Å². The van der Waals surface area contributed by atoms with Crippen LogP contribution in [-0.4, -0.2) is 18.1 Å². The third-order valence-corrected chi connectivity index (χ3v) is 4.89. The van der Waals surface area contributed by atoms with Gasteiger partial charge >= 0.3 is 0 Å². The standard InChI is InChI=1S/C17H22N2/c1-2-6-16-14(5-1)15-10-12(7-8-17(15)19-16)13-4-3-9-18-11-13/h7-8,10,13,18-19H,1-6,9,11H2. The zero-order chi connectivity index (χ0) is 12.7. The van der Waals surface area contributed by atoms with Gasteiger partial charge in [-0.05, 0) is 74.2 Å². The number of fused-ring (bicyclic) bond motifs is 3. The quantitative estimate of drug-likeness (QED) is 0.800. The van der Waals surface area contributed by atoms with Gasteiger partial charge in [0.1, 0.15) is 0 Å². The highest BCUT2D eigenvalue weighted by molar-refractivity contribution is 5.85. The van der Waals surface area contributed by atoms with Gasteiger partial charge in [0.05, 0.1) is 0 Å². The van der Waals surface area contributed by atoms with Crippen molar-refractivity contribution in [3.8, 4) is 0 Å². The molecule has 4 rings (SSSR count). The Morgan fingerprint density at radius 3 is 2.89 bits per heavy atom. The number of aromatic amines is 1. The van der Waals surface area contributed by atoms with Crippen LogP contribution in [0.5, 0.6) is 0 Å². The topological polar surface area (TPSA) is 27.8 Å². The van der Waals surface area contributed by atoms with Gasteiger partial charge in [0, 0.05) is 23.1 Å². The Morgan fingerprint density at radius 1 is 1.05 bits per heavy atom. The van der Waals surface area contributed by atoms with Crippen molar-refractivity contribution >= 4 is 10.9 Å². The molecule has 2 nitrogen and oxygen atoms in total. The summed E-state index contributed by atoms with van der Waals surface area (Å²) >= 11 is 0. The minimum absolute atomic E-state index is 0.715. The minimum Gasteiger partial charge on any atom is -0.358 e. The second-order valence-corrected chi connectivity index (χ2v) is 6.14. The van der Waals surface area contributed by atoms with Gasteiger partial charge in [0.2, 0.25) is 0 Å². The third-order valence-electron chi connectivity index (χ3n) is 4.89. The van der Waals surface area contributed by atoms with E-state index in [1.807, 2.05) is 0 Å². The fourth-order valence-electron chi connectivity index (χ4n) is 3.81. The first-order valence-corrected chi connectivity index (χ1v) is 7.76. The molecule has 1 aromatic heterocycles. The summed E-state index contributed by atoms with van der Waals surface area (Å²) in [6.45, 7) is 2.34. The summed E-state index contributed by atoms with van der Waals surface area (Å²) in [5.74, 6) is 0.715. The molecule has 0 spiro atoms. The number of benzene rings is 1. The van der Waals surface area contributed by atoms with Gasteiger partial charge in [-0.3, -0.25) is 0 Å². The number of H-pyrrole nitrogens is 1. The molecular weight excluding hydrogens is 232 g/mol. The van der Waals surface area contributed by atoms with Crippen LogP contribution in [0.3, 0.4) is 0 Å². The fourth-order valence-corrected chi connectivity index (χ4v) is 3.81. The van der Waals surface area contributed by atoms with E-state index in [0.29, 0.717) is 5.92 Å². The molecule has 0 saturated carbocycles. The summed E-state index contributed by atoms with van der Waals surface area (Å²) in [5.41, 5.74) is 5.98. The van der Waals surface area contributed by atoms with Gasteiger partial charge < -0.3 is 10.3 Å². The Bertz CT molecular complexity index is 591. The third kappa shape index (κ3) is 1.99. The van der Waals surface area contributed by atoms with E-state index < -0.39 is 0 Å². The summed E-state index contributed by atoms with van der Waals surface area (Å²) < 4.78 is 0. The first-order valence-electron chi connectivity index (χ1n) is 7.76. The molecule has 2 heterocycles. The Hall–Kier alpha value is -1.28. The highest BCUT2D eigenvalue weighted by Crippen LogP contribution is 2.32. The maximum Gasteiger partial charge on any atom is 0.0459 e. The van der Waals surface area contributed by atoms with Crippen molar-refractivity contribution in [2.75, 3.05) is 13.1 Å². The maximum atomic E-state index is 3.63. The normalized spacial score (nSPS) is 23.5. The molecule has 0 radical (unpaired) electrons. The molecule has 1 saturated heterocycles. The predicted octanol–water partition coefficient (Wildman–Crippen LogP) is 3.51. The Morgan fingerprint density at radius 2 is 2.00 bits per heavy atom. The lowest BCUT2D eigenvalue weighted by molar-refractivity contribution is 0.462. The summed E-state index contributed by atoms with van der Waals surface area (Å²) in [7, 11) is 0. The van der Waals surface area contributed by atoms with Gasteiger partial charge in [0.15, 0.2) is 0 Å². The van der Waals surface area contributed by atoms with Crippen LogP contribution >= 0.6 is 0 Å². The van der Waals surface area contributed by atoms with Gasteiger partial charge in [-0.25, -0.2) is 0 Å². The fraction of sp³-hybridized carbons (Fsp3) is 0.529. The second-order valence-electron chi connectivity index (χ2n) is 6.14. The van der Waals surface area contributed by atoms with Crippen LogP contribution in [0.2, 0.25) is 0 Å². The Balaban J connectivity index is 1.77. The van der Waals surface area contributed by atoms with E-state index in [0.717, 1.165) is 6.54 Å². The van der Waals surface area contributed by atoms with Gasteiger partial charge in [-0.15, -0.1) is 0 Å². The summed E-state index contributed by atoms with van der Waals surface area (Å²) in [6.07, 6.45) is 7.86. The first-order chi connectivity index (χ1) is 9.42. The molecule has 1 fully saturated rings. The van der Waals surface area contributed by atoms with Gasteiger partial charge in [-0.2, -0.15) is 0 Å². The Labute approximate surface area is 114 Å². The number of aromatic nitrogens is 1. The zero-order valence-corrected chi connectivity index (χ0v) is 11.5. The van der Waals surface area contributed by atoms with E-state index in [4.69, 9.17) is 0 Å². The van der Waals surface area contributed by atoms with Crippen molar-refractivity contribution in [2.45, 2.75) is 44.4 Å². The highest BCUT2D eigenvalue weighted by atomic mass is 14.9. The molecule has 1 aromatic carbocycles. The minimum atomic E-state index is 0.715. The SMILES string of the molecule is c1cc2[nH]c3c(c2cc1C1CCCNC1)CCCC3. The van der Waals surface area contributed by atoms with E-state index in [2.05, 4.69) is 28.5 Å². The van der Waals surface area contributed by atoms with E-state index in [1.54, 1.807) is 5.56 Å². The van der Waals surface area contributed by atoms with Crippen LogP contribution in [0.15, 0.2) is 18.2 Å². The lowest BCUT2D eigenvalue weighted by atomic mass is 9.89. The molecule has 2 heteroatoms. The molecule has 2 aromatic rings. The largest absolute Gasteiger partial charge is 0.358 e. The molecular formula is C17H22N2. The molecule has 1 aliphatic heterocycles. The molecule has 0 bridgehead atoms. The van der Waals surface area contributed by atoms with Crippen LogP contribution in [0.1, 0.15) is 48.4 Å². The zero-order valence-electron chi connectivity index (χ0n) is 11.5.